The Hall–Kier alpha value is -1.10. The second kappa shape index (κ2) is 5.70. The van der Waals surface area contributed by atoms with E-state index in [0.717, 1.165) is 6.42 Å². The van der Waals surface area contributed by atoms with E-state index in [9.17, 15) is 9.59 Å². The van der Waals surface area contributed by atoms with Crippen molar-refractivity contribution in [2.24, 2.45) is 0 Å². The zero-order chi connectivity index (χ0) is 11.3. The normalized spacial score (nSPS) is 26.7. The van der Waals surface area contributed by atoms with E-state index in [1.54, 1.807) is 14.0 Å². The van der Waals surface area contributed by atoms with E-state index in [0.29, 0.717) is 19.4 Å². The minimum atomic E-state index is -0.211. The summed E-state index contributed by atoms with van der Waals surface area (Å²) in [5.41, 5.74) is 0. The molecule has 1 aliphatic heterocycles. The number of likely N-dealkylation sites (N-methyl/N-ethyl adjacent to an activating group) is 1. The average Bonchev–Trinajstić information content (AvgIpc) is 2.41. The van der Waals surface area contributed by atoms with Crippen LogP contribution in [-0.4, -0.2) is 37.6 Å². The SMILES string of the molecule is CCC(=O)OC1CCC(NC)C(=O)NC1. The number of carbonyl (C=O) groups is 2. The lowest BCUT2D eigenvalue weighted by molar-refractivity contribution is -0.148. The van der Waals surface area contributed by atoms with Crippen LogP contribution in [0.4, 0.5) is 0 Å². The summed E-state index contributed by atoms with van der Waals surface area (Å²) in [6.45, 7) is 2.18. The van der Waals surface area contributed by atoms with Crippen molar-refractivity contribution >= 4 is 11.9 Å². The highest BCUT2D eigenvalue weighted by Crippen LogP contribution is 2.10. The summed E-state index contributed by atoms with van der Waals surface area (Å²) in [5, 5.41) is 5.68. The van der Waals surface area contributed by atoms with Crippen molar-refractivity contribution in [1.29, 1.82) is 0 Å². The molecule has 1 rings (SSSR count). The van der Waals surface area contributed by atoms with Gasteiger partial charge in [0.05, 0.1) is 12.6 Å². The minimum Gasteiger partial charge on any atom is -0.460 e. The first-order valence-electron chi connectivity index (χ1n) is 5.31. The molecule has 2 N–H and O–H groups in total. The van der Waals surface area contributed by atoms with Crippen LogP contribution in [0.15, 0.2) is 0 Å². The summed E-state index contributed by atoms with van der Waals surface area (Å²) < 4.78 is 5.18. The van der Waals surface area contributed by atoms with Gasteiger partial charge in [0, 0.05) is 6.42 Å². The number of ether oxygens (including phenoxy) is 1. The van der Waals surface area contributed by atoms with Crippen molar-refractivity contribution in [2.75, 3.05) is 13.6 Å². The van der Waals surface area contributed by atoms with Crippen LogP contribution in [0.1, 0.15) is 26.2 Å². The Morgan fingerprint density at radius 3 is 2.93 bits per heavy atom. The van der Waals surface area contributed by atoms with Gasteiger partial charge in [0.15, 0.2) is 0 Å². The molecule has 2 unspecified atom stereocenters. The lowest BCUT2D eigenvalue weighted by Crippen LogP contribution is -2.41. The quantitative estimate of drug-likeness (QED) is 0.639. The van der Waals surface area contributed by atoms with Gasteiger partial charge in [-0.2, -0.15) is 0 Å². The second-order valence-corrected chi connectivity index (χ2v) is 3.63. The summed E-state index contributed by atoms with van der Waals surface area (Å²) in [5.74, 6) is -0.232. The number of amides is 1. The smallest absolute Gasteiger partial charge is 0.305 e. The van der Waals surface area contributed by atoms with E-state index in [1.165, 1.54) is 0 Å². The van der Waals surface area contributed by atoms with Crippen LogP contribution in [0.2, 0.25) is 0 Å². The van der Waals surface area contributed by atoms with Crippen LogP contribution in [0.5, 0.6) is 0 Å². The van der Waals surface area contributed by atoms with Crippen molar-refractivity contribution in [3.05, 3.63) is 0 Å². The molecule has 1 heterocycles. The van der Waals surface area contributed by atoms with Crippen molar-refractivity contribution < 1.29 is 14.3 Å². The highest BCUT2D eigenvalue weighted by atomic mass is 16.5. The number of nitrogens with one attached hydrogen (secondary N) is 2. The van der Waals surface area contributed by atoms with Crippen LogP contribution < -0.4 is 10.6 Å². The Labute approximate surface area is 89.6 Å². The molecule has 15 heavy (non-hydrogen) atoms. The molecule has 5 heteroatoms. The lowest BCUT2D eigenvalue weighted by atomic mass is 10.1. The van der Waals surface area contributed by atoms with E-state index >= 15 is 0 Å². The van der Waals surface area contributed by atoms with Crippen LogP contribution in [-0.2, 0) is 14.3 Å². The van der Waals surface area contributed by atoms with Crippen molar-refractivity contribution in [1.82, 2.24) is 10.6 Å². The maximum Gasteiger partial charge on any atom is 0.305 e. The second-order valence-electron chi connectivity index (χ2n) is 3.63. The Morgan fingerprint density at radius 1 is 1.60 bits per heavy atom. The monoisotopic (exact) mass is 214 g/mol. The molecular weight excluding hydrogens is 196 g/mol. The van der Waals surface area contributed by atoms with E-state index in [1.807, 2.05) is 0 Å². The topological polar surface area (TPSA) is 67.4 Å². The Balaban J connectivity index is 2.44. The molecule has 0 aliphatic carbocycles. The molecule has 0 aromatic heterocycles. The molecule has 1 amide bonds. The molecule has 86 valence electrons. The Bertz CT molecular complexity index is 243. The largest absolute Gasteiger partial charge is 0.460 e. The Morgan fingerprint density at radius 2 is 2.33 bits per heavy atom. The fourth-order valence-electron chi connectivity index (χ4n) is 1.57. The van der Waals surface area contributed by atoms with Gasteiger partial charge in [-0.15, -0.1) is 0 Å². The molecule has 0 aromatic carbocycles. The van der Waals surface area contributed by atoms with Crippen LogP contribution in [0.3, 0.4) is 0 Å². The van der Waals surface area contributed by atoms with Gasteiger partial charge in [0.1, 0.15) is 6.10 Å². The van der Waals surface area contributed by atoms with Crippen LogP contribution in [0, 0.1) is 0 Å². The van der Waals surface area contributed by atoms with E-state index < -0.39 is 0 Å². The van der Waals surface area contributed by atoms with Gasteiger partial charge in [0.2, 0.25) is 5.91 Å². The van der Waals surface area contributed by atoms with Gasteiger partial charge in [-0.05, 0) is 19.9 Å². The summed E-state index contributed by atoms with van der Waals surface area (Å²) in [7, 11) is 1.75. The standard InChI is InChI=1S/C10H18N2O3/c1-3-9(13)15-7-4-5-8(11-2)10(14)12-6-7/h7-8,11H,3-6H2,1-2H3,(H,12,14). The number of esters is 1. The minimum absolute atomic E-state index is 0.0208. The molecular formula is C10H18N2O3. The van der Waals surface area contributed by atoms with E-state index in [2.05, 4.69) is 10.6 Å². The molecule has 2 atom stereocenters. The number of hydrogen-bond acceptors (Lipinski definition) is 4. The first kappa shape index (κ1) is 12.0. The molecule has 1 fully saturated rings. The molecule has 1 saturated heterocycles. The van der Waals surface area contributed by atoms with Crippen LogP contribution >= 0.6 is 0 Å². The molecule has 5 nitrogen and oxygen atoms in total. The highest BCUT2D eigenvalue weighted by molar-refractivity contribution is 5.82. The van der Waals surface area contributed by atoms with Crippen molar-refractivity contribution in [3.8, 4) is 0 Å². The summed E-state index contributed by atoms with van der Waals surface area (Å²) in [4.78, 5) is 22.5. The molecule has 1 aliphatic rings. The van der Waals surface area contributed by atoms with E-state index in [-0.39, 0.29) is 24.0 Å². The molecule has 0 saturated carbocycles. The van der Waals surface area contributed by atoms with Crippen molar-refractivity contribution in [2.45, 2.75) is 38.3 Å². The zero-order valence-corrected chi connectivity index (χ0v) is 9.21. The summed E-state index contributed by atoms with van der Waals surface area (Å²) in [6.07, 6.45) is 1.61. The lowest BCUT2D eigenvalue weighted by Gasteiger charge is -2.14. The van der Waals surface area contributed by atoms with Gasteiger partial charge >= 0.3 is 5.97 Å². The average molecular weight is 214 g/mol. The summed E-state index contributed by atoms with van der Waals surface area (Å²) >= 11 is 0. The fourth-order valence-corrected chi connectivity index (χ4v) is 1.57. The first-order chi connectivity index (χ1) is 7.17. The number of rotatable bonds is 3. The third-order valence-electron chi connectivity index (χ3n) is 2.53. The van der Waals surface area contributed by atoms with Crippen molar-refractivity contribution in [3.63, 3.8) is 0 Å². The third-order valence-corrected chi connectivity index (χ3v) is 2.53. The number of hydrogen-bond donors (Lipinski definition) is 2. The molecule has 0 bridgehead atoms. The highest BCUT2D eigenvalue weighted by Gasteiger charge is 2.25. The number of carbonyl (C=O) groups excluding carboxylic acids is 2. The van der Waals surface area contributed by atoms with Gasteiger partial charge in [-0.3, -0.25) is 9.59 Å². The third kappa shape index (κ3) is 3.51. The molecule has 0 spiro atoms. The molecule has 0 aromatic rings. The van der Waals surface area contributed by atoms with Gasteiger partial charge in [-0.25, -0.2) is 0 Å². The van der Waals surface area contributed by atoms with Gasteiger partial charge < -0.3 is 15.4 Å². The zero-order valence-electron chi connectivity index (χ0n) is 9.21. The Kier molecular flexibility index (Phi) is 4.55. The van der Waals surface area contributed by atoms with Gasteiger partial charge in [-0.1, -0.05) is 6.92 Å². The maximum atomic E-state index is 11.4. The fraction of sp³-hybridized carbons (Fsp3) is 0.800. The van der Waals surface area contributed by atoms with Gasteiger partial charge in [0.25, 0.3) is 0 Å². The van der Waals surface area contributed by atoms with E-state index in [4.69, 9.17) is 4.74 Å². The predicted octanol–water partition coefficient (Wildman–Crippen LogP) is -0.194. The van der Waals surface area contributed by atoms with Crippen LogP contribution in [0.25, 0.3) is 0 Å². The first-order valence-corrected chi connectivity index (χ1v) is 5.31. The predicted molar refractivity (Wildman–Crippen MR) is 55.3 cm³/mol. The summed E-state index contributed by atoms with van der Waals surface area (Å²) in [6, 6.07) is -0.171. The molecule has 0 radical (unpaired) electrons. The maximum absolute atomic E-state index is 11.4.